The van der Waals surface area contributed by atoms with E-state index in [4.69, 9.17) is 16.2 Å². The summed E-state index contributed by atoms with van der Waals surface area (Å²) in [5, 5.41) is 0. The predicted molar refractivity (Wildman–Crippen MR) is 48.9 cm³/mol. The van der Waals surface area contributed by atoms with E-state index < -0.39 is 17.7 Å². The first-order valence-electron chi connectivity index (χ1n) is 4.08. The van der Waals surface area contributed by atoms with Crippen LogP contribution in [0.5, 0.6) is 5.75 Å². The monoisotopic (exact) mass is 202 g/mol. The highest BCUT2D eigenvalue weighted by Gasteiger charge is 2.16. The van der Waals surface area contributed by atoms with Crippen molar-refractivity contribution in [1.29, 1.82) is 0 Å². The molecule has 0 saturated heterocycles. The molecule has 0 fully saturated rings. The van der Waals surface area contributed by atoms with Crippen LogP contribution in [0.2, 0.25) is 0 Å². The smallest absolute Gasteiger partial charge is 0.134 e. The molecule has 4 N–H and O–H groups in total. The summed E-state index contributed by atoms with van der Waals surface area (Å²) >= 11 is 0. The lowest BCUT2D eigenvalue weighted by Crippen LogP contribution is -2.23. The lowest BCUT2D eigenvalue weighted by Gasteiger charge is -2.12. The molecule has 1 rings (SSSR count). The molecule has 0 unspecified atom stereocenters. The maximum absolute atomic E-state index is 13.3. The highest BCUT2D eigenvalue weighted by molar-refractivity contribution is 5.32. The maximum Gasteiger partial charge on any atom is 0.134 e. The van der Waals surface area contributed by atoms with Crippen LogP contribution >= 0.6 is 0 Å². The summed E-state index contributed by atoms with van der Waals surface area (Å²) in [4.78, 5) is 0. The molecule has 0 radical (unpaired) electrons. The molecule has 5 heteroatoms. The standard InChI is InChI=1S/C9H12F2N2O/c1-14-5-2-6(10)9(7(11)3-5)8(13)4-12/h2-3,8H,4,12-13H2,1H3/t8-/m0/s1. The Balaban J connectivity index is 3.18. The lowest BCUT2D eigenvalue weighted by molar-refractivity contribution is 0.403. The van der Waals surface area contributed by atoms with E-state index in [2.05, 4.69) is 0 Å². The Bertz CT molecular complexity index is 308. The van der Waals surface area contributed by atoms with Gasteiger partial charge in [-0.05, 0) is 0 Å². The van der Waals surface area contributed by atoms with Crippen LogP contribution in [-0.2, 0) is 0 Å². The largest absolute Gasteiger partial charge is 0.497 e. The first-order chi connectivity index (χ1) is 6.60. The van der Waals surface area contributed by atoms with Gasteiger partial charge >= 0.3 is 0 Å². The van der Waals surface area contributed by atoms with Gasteiger partial charge < -0.3 is 16.2 Å². The molecule has 0 saturated carbocycles. The van der Waals surface area contributed by atoms with Crippen LogP contribution in [0, 0.1) is 11.6 Å². The summed E-state index contributed by atoms with van der Waals surface area (Å²) in [7, 11) is 1.33. The molecule has 3 nitrogen and oxygen atoms in total. The van der Waals surface area contributed by atoms with Gasteiger partial charge in [0.05, 0.1) is 7.11 Å². The van der Waals surface area contributed by atoms with E-state index in [1.54, 1.807) is 0 Å². The fourth-order valence-electron chi connectivity index (χ4n) is 1.15. The van der Waals surface area contributed by atoms with Crippen molar-refractivity contribution in [1.82, 2.24) is 0 Å². The Kier molecular flexibility index (Phi) is 3.38. The molecule has 1 atom stereocenters. The van der Waals surface area contributed by atoms with Crippen LogP contribution in [0.15, 0.2) is 12.1 Å². The molecule has 0 aromatic heterocycles. The van der Waals surface area contributed by atoms with Crippen LogP contribution in [0.3, 0.4) is 0 Å². The highest BCUT2D eigenvalue weighted by atomic mass is 19.1. The predicted octanol–water partition coefficient (Wildman–Crippen LogP) is 0.932. The summed E-state index contributed by atoms with van der Waals surface area (Å²) in [5.74, 6) is -1.35. The molecular weight excluding hydrogens is 190 g/mol. The van der Waals surface area contributed by atoms with Crippen LogP contribution in [0.25, 0.3) is 0 Å². The molecule has 0 aliphatic heterocycles. The quantitative estimate of drug-likeness (QED) is 0.766. The van der Waals surface area contributed by atoms with E-state index in [1.165, 1.54) is 7.11 Å². The zero-order valence-electron chi connectivity index (χ0n) is 7.76. The second-order valence-electron chi connectivity index (χ2n) is 2.85. The normalized spacial score (nSPS) is 12.6. The van der Waals surface area contributed by atoms with Gasteiger partial charge in [0.25, 0.3) is 0 Å². The van der Waals surface area contributed by atoms with Crippen molar-refractivity contribution in [3.8, 4) is 5.75 Å². The van der Waals surface area contributed by atoms with Gasteiger partial charge in [-0.1, -0.05) is 0 Å². The molecule has 1 aromatic carbocycles. The summed E-state index contributed by atoms with van der Waals surface area (Å²) in [5.41, 5.74) is 10.5. The maximum atomic E-state index is 13.3. The average molecular weight is 202 g/mol. The minimum Gasteiger partial charge on any atom is -0.497 e. The second-order valence-corrected chi connectivity index (χ2v) is 2.85. The van der Waals surface area contributed by atoms with Gasteiger partial charge in [0.2, 0.25) is 0 Å². The fourth-order valence-corrected chi connectivity index (χ4v) is 1.15. The number of halogens is 2. The van der Waals surface area contributed by atoms with Gasteiger partial charge in [-0.15, -0.1) is 0 Å². The first-order valence-corrected chi connectivity index (χ1v) is 4.08. The Morgan fingerprint density at radius 1 is 1.36 bits per heavy atom. The molecule has 0 heterocycles. The molecule has 0 aliphatic carbocycles. The molecular formula is C9H12F2N2O. The minimum atomic E-state index is -0.832. The van der Waals surface area contributed by atoms with Gasteiger partial charge in [0, 0.05) is 30.3 Å². The molecule has 0 bridgehead atoms. The Morgan fingerprint density at radius 2 is 1.86 bits per heavy atom. The zero-order valence-corrected chi connectivity index (χ0v) is 7.76. The summed E-state index contributed by atoms with van der Waals surface area (Å²) < 4.78 is 31.3. The fraction of sp³-hybridized carbons (Fsp3) is 0.333. The number of nitrogens with two attached hydrogens (primary N) is 2. The van der Waals surface area contributed by atoms with Crippen LogP contribution in [-0.4, -0.2) is 13.7 Å². The van der Waals surface area contributed by atoms with E-state index in [9.17, 15) is 8.78 Å². The zero-order chi connectivity index (χ0) is 10.7. The van der Waals surface area contributed by atoms with Crippen LogP contribution < -0.4 is 16.2 Å². The minimum absolute atomic E-state index is 0.0137. The van der Waals surface area contributed by atoms with Crippen LogP contribution in [0.1, 0.15) is 11.6 Å². The van der Waals surface area contributed by atoms with Gasteiger partial charge in [-0.3, -0.25) is 0 Å². The van der Waals surface area contributed by atoms with Gasteiger partial charge in [0.1, 0.15) is 17.4 Å². The van der Waals surface area contributed by atoms with Crippen molar-refractivity contribution in [3.63, 3.8) is 0 Å². The molecule has 0 amide bonds. The lowest BCUT2D eigenvalue weighted by atomic mass is 10.1. The summed E-state index contributed by atoms with van der Waals surface area (Å²) in [6.07, 6.45) is 0. The van der Waals surface area contributed by atoms with Crippen molar-refractivity contribution in [2.75, 3.05) is 13.7 Å². The van der Waals surface area contributed by atoms with E-state index in [1.807, 2.05) is 0 Å². The number of rotatable bonds is 3. The molecule has 0 aliphatic rings. The van der Waals surface area contributed by atoms with E-state index in [-0.39, 0.29) is 17.9 Å². The Hall–Kier alpha value is -1.20. The molecule has 0 spiro atoms. The number of methoxy groups -OCH3 is 1. The molecule has 1 aromatic rings. The molecule has 14 heavy (non-hydrogen) atoms. The topological polar surface area (TPSA) is 61.3 Å². The highest BCUT2D eigenvalue weighted by Crippen LogP contribution is 2.23. The van der Waals surface area contributed by atoms with Crippen molar-refractivity contribution < 1.29 is 13.5 Å². The van der Waals surface area contributed by atoms with Crippen LogP contribution in [0.4, 0.5) is 8.78 Å². The Labute approximate surface area is 80.7 Å². The number of hydrogen-bond donors (Lipinski definition) is 2. The van der Waals surface area contributed by atoms with Crippen molar-refractivity contribution >= 4 is 0 Å². The van der Waals surface area contributed by atoms with E-state index >= 15 is 0 Å². The number of ether oxygens (including phenoxy) is 1. The summed E-state index contributed by atoms with van der Waals surface area (Å²) in [6, 6.07) is 1.32. The van der Waals surface area contributed by atoms with Crippen molar-refractivity contribution in [3.05, 3.63) is 29.3 Å². The SMILES string of the molecule is COc1cc(F)c([C@@H](N)CN)c(F)c1. The third kappa shape index (κ3) is 2.00. The second kappa shape index (κ2) is 4.34. The molecule has 78 valence electrons. The van der Waals surface area contributed by atoms with Gasteiger partial charge in [-0.2, -0.15) is 0 Å². The first kappa shape index (κ1) is 10.9. The number of benzene rings is 1. The van der Waals surface area contributed by atoms with Gasteiger partial charge in [-0.25, -0.2) is 8.78 Å². The van der Waals surface area contributed by atoms with Crippen molar-refractivity contribution in [2.45, 2.75) is 6.04 Å². The van der Waals surface area contributed by atoms with Gasteiger partial charge in [0.15, 0.2) is 0 Å². The summed E-state index contributed by atoms with van der Waals surface area (Å²) in [6.45, 7) is -0.0137. The van der Waals surface area contributed by atoms with E-state index in [0.717, 1.165) is 12.1 Å². The van der Waals surface area contributed by atoms with E-state index in [0.29, 0.717) is 0 Å². The van der Waals surface area contributed by atoms with Crippen molar-refractivity contribution in [2.24, 2.45) is 11.5 Å². The average Bonchev–Trinajstić information content (AvgIpc) is 2.16. The number of hydrogen-bond acceptors (Lipinski definition) is 3. The third-order valence-corrected chi connectivity index (χ3v) is 1.91. The third-order valence-electron chi connectivity index (χ3n) is 1.91. The Morgan fingerprint density at radius 3 is 2.21 bits per heavy atom.